The van der Waals surface area contributed by atoms with Crippen molar-refractivity contribution in [3.05, 3.63) is 34.8 Å². The van der Waals surface area contributed by atoms with Gasteiger partial charge in [-0.15, -0.1) is 5.10 Å². The van der Waals surface area contributed by atoms with E-state index in [0.29, 0.717) is 11.4 Å². The molecule has 0 aliphatic rings. The number of carbonyl (C=O) groups is 1. The topological polar surface area (TPSA) is 80.9 Å². The number of amides is 1. The van der Waals surface area contributed by atoms with E-state index in [-0.39, 0.29) is 5.91 Å². The van der Waals surface area contributed by atoms with Gasteiger partial charge in [0, 0.05) is 16.8 Å². The van der Waals surface area contributed by atoms with Crippen LogP contribution in [0, 0.1) is 6.92 Å². The van der Waals surface area contributed by atoms with Crippen LogP contribution in [0.1, 0.15) is 16.1 Å². The molecule has 0 atom stereocenters. The van der Waals surface area contributed by atoms with Gasteiger partial charge in [0.05, 0.1) is 0 Å². The van der Waals surface area contributed by atoms with Crippen LogP contribution in [0.5, 0.6) is 0 Å². The molecule has 0 aliphatic heterocycles. The number of nitrogens with zero attached hydrogens (tertiary/aromatic N) is 2. The van der Waals surface area contributed by atoms with Crippen LogP contribution in [0.3, 0.4) is 0 Å². The Morgan fingerprint density at radius 3 is 2.94 bits per heavy atom. The van der Waals surface area contributed by atoms with Crippen molar-refractivity contribution in [1.82, 2.24) is 9.59 Å². The zero-order valence-electron chi connectivity index (χ0n) is 8.60. The first-order valence-corrected chi connectivity index (χ1v) is 5.45. The highest BCUT2D eigenvalue weighted by Crippen LogP contribution is 2.18. The second kappa shape index (κ2) is 4.28. The fraction of sp³-hybridized carbons (Fsp3) is 0.100. The van der Waals surface area contributed by atoms with Crippen molar-refractivity contribution in [1.29, 1.82) is 0 Å². The minimum atomic E-state index is -0.262. The van der Waals surface area contributed by atoms with Gasteiger partial charge in [0.15, 0.2) is 5.69 Å². The fourth-order valence-electron chi connectivity index (χ4n) is 1.28. The second-order valence-corrected chi connectivity index (χ2v) is 3.93. The van der Waals surface area contributed by atoms with Gasteiger partial charge in [-0.2, -0.15) is 0 Å². The quantitative estimate of drug-likeness (QED) is 0.775. The van der Waals surface area contributed by atoms with Gasteiger partial charge in [0.25, 0.3) is 5.91 Å². The van der Waals surface area contributed by atoms with Crippen LogP contribution in [0.2, 0.25) is 0 Å². The predicted octanol–water partition coefficient (Wildman–Crippen LogP) is 1.68. The van der Waals surface area contributed by atoms with Gasteiger partial charge in [-0.1, -0.05) is 4.49 Å². The minimum Gasteiger partial charge on any atom is -0.399 e. The lowest BCUT2D eigenvalue weighted by atomic mass is 10.2. The molecule has 1 aromatic carbocycles. The van der Waals surface area contributed by atoms with Crippen LogP contribution >= 0.6 is 11.5 Å². The summed E-state index contributed by atoms with van der Waals surface area (Å²) in [5, 5.41) is 8.04. The number of rotatable bonds is 2. The van der Waals surface area contributed by atoms with E-state index in [1.54, 1.807) is 23.6 Å². The molecular formula is C10H10N4OS. The molecule has 0 saturated carbocycles. The molecule has 0 radical (unpaired) electrons. The summed E-state index contributed by atoms with van der Waals surface area (Å²) in [5.41, 5.74) is 8.25. The molecule has 1 heterocycles. The highest BCUT2D eigenvalue weighted by molar-refractivity contribution is 7.03. The largest absolute Gasteiger partial charge is 0.399 e. The first-order valence-electron chi connectivity index (χ1n) is 4.61. The average molecular weight is 234 g/mol. The van der Waals surface area contributed by atoms with E-state index >= 15 is 0 Å². The van der Waals surface area contributed by atoms with Crippen LogP contribution in [0.25, 0.3) is 0 Å². The van der Waals surface area contributed by atoms with Crippen LogP contribution in [0.4, 0.5) is 11.4 Å². The van der Waals surface area contributed by atoms with Crippen molar-refractivity contribution >= 4 is 28.8 Å². The first kappa shape index (κ1) is 10.6. The molecule has 2 aromatic rings. The van der Waals surface area contributed by atoms with E-state index in [4.69, 9.17) is 5.73 Å². The third-order valence-electron chi connectivity index (χ3n) is 2.09. The summed E-state index contributed by atoms with van der Waals surface area (Å²) >= 11 is 1.14. The molecule has 0 unspecified atom stereocenters. The van der Waals surface area contributed by atoms with E-state index in [2.05, 4.69) is 14.9 Å². The van der Waals surface area contributed by atoms with Gasteiger partial charge < -0.3 is 11.1 Å². The van der Waals surface area contributed by atoms with Crippen LogP contribution in [0.15, 0.2) is 23.6 Å². The number of anilines is 2. The number of nitrogens with two attached hydrogens (primary N) is 1. The van der Waals surface area contributed by atoms with Crippen molar-refractivity contribution in [2.45, 2.75) is 6.92 Å². The van der Waals surface area contributed by atoms with E-state index in [1.165, 1.54) is 0 Å². The monoisotopic (exact) mass is 234 g/mol. The highest BCUT2D eigenvalue weighted by Gasteiger charge is 2.10. The molecule has 1 aromatic heterocycles. The highest BCUT2D eigenvalue weighted by atomic mass is 32.1. The SMILES string of the molecule is Cc1cc(N)ccc1NC(=O)c1csnn1. The molecule has 1 amide bonds. The number of benzene rings is 1. The summed E-state index contributed by atoms with van der Waals surface area (Å²) in [4.78, 5) is 11.7. The number of hydrogen-bond acceptors (Lipinski definition) is 5. The Hall–Kier alpha value is -1.95. The maximum absolute atomic E-state index is 11.7. The van der Waals surface area contributed by atoms with E-state index in [1.807, 2.05) is 6.92 Å². The molecule has 82 valence electrons. The van der Waals surface area contributed by atoms with Crippen molar-refractivity contribution < 1.29 is 4.79 Å². The third-order valence-corrected chi connectivity index (χ3v) is 2.60. The predicted molar refractivity (Wildman–Crippen MR) is 63.5 cm³/mol. The Kier molecular flexibility index (Phi) is 2.82. The van der Waals surface area contributed by atoms with E-state index < -0.39 is 0 Å². The Morgan fingerprint density at radius 2 is 2.31 bits per heavy atom. The molecule has 0 fully saturated rings. The molecule has 6 heteroatoms. The van der Waals surface area contributed by atoms with Crippen molar-refractivity contribution in [2.24, 2.45) is 0 Å². The molecule has 16 heavy (non-hydrogen) atoms. The Labute approximate surface area is 96.5 Å². The summed E-state index contributed by atoms with van der Waals surface area (Å²) in [6.45, 7) is 1.88. The second-order valence-electron chi connectivity index (χ2n) is 3.32. The van der Waals surface area contributed by atoms with Gasteiger partial charge in [0.1, 0.15) is 0 Å². The summed E-state index contributed by atoms with van der Waals surface area (Å²) in [5.74, 6) is -0.262. The molecule has 3 N–H and O–H groups in total. The van der Waals surface area contributed by atoms with E-state index in [0.717, 1.165) is 22.8 Å². The summed E-state index contributed by atoms with van der Waals surface area (Å²) in [6, 6.07) is 5.30. The maximum Gasteiger partial charge on any atom is 0.277 e. The minimum absolute atomic E-state index is 0.262. The van der Waals surface area contributed by atoms with Gasteiger partial charge in [-0.05, 0) is 42.2 Å². The molecule has 5 nitrogen and oxygen atoms in total. The Balaban J connectivity index is 2.18. The Morgan fingerprint density at radius 1 is 1.50 bits per heavy atom. The average Bonchev–Trinajstić information content (AvgIpc) is 2.75. The number of carbonyl (C=O) groups excluding carboxylic acids is 1. The first-order chi connectivity index (χ1) is 7.66. The molecule has 0 bridgehead atoms. The molecule has 2 rings (SSSR count). The van der Waals surface area contributed by atoms with Crippen molar-refractivity contribution in [3.63, 3.8) is 0 Å². The van der Waals surface area contributed by atoms with Gasteiger partial charge >= 0.3 is 0 Å². The molecule has 0 spiro atoms. The maximum atomic E-state index is 11.7. The lowest BCUT2D eigenvalue weighted by molar-refractivity contribution is 0.102. The lowest BCUT2D eigenvalue weighted by Crippen LogP contribution is -2.13. The van der Waals surface area contributed by atoms with Gasteiger partial charge in [-0.25, -0.2) is 0 Å². The fourth-order valence-corrected chi connectivity index (χ4v) is 1.71. The normalized spacial score (nSPS) is 10.1. The van der Waals surface area contributed by atoms with Crippen LogP contribution in [-0.4, -0.2) is 15.5 Å². The van der Waals surface area contributed by atoms with E-state index in [9.17, 15) is 4.79 Å². The number of hydrogen-bond donors (Lipinski definition) is 2. The lowest BCUT2D eigenvalue weighted by Gasteiger charge is -2.07. The summed E-state index contributed by atoms with van der Waals surface area (Å²) < 4.78 is 3.63. The number of nitrogens with one attached hydrogen (secondary N) is 1. The van der Waals surface area contributed by atoms with Crippen molar-refractivity contribution in [2.75, 3.05) is 11.1 Å². The number of aryl methyl sites for hydroxylation is 1. The molecule has 0 saturated heterocycles. The van der Waals surface area contributed by atoms with Crippen LogP contribution < -0.4 is 11.1 Å². The standard InChI is InChI=1S/C10H10N4OS/c1-6-4-7(11)2-3-8(6)12-10(15)9-5-16-14-13-9/h2-5H,11H2,1H3,(H,12,15). The zero-order valence-corrected chi connectivity index (χ0v) is 9.41. The smallest absolute Gasteiger partial charge is 0.277 e. The van der Waals surface area contributed by atoms with Gasteiger partial charge in [-0.3, -0.25) is 4.79 Å². The number of nitrogen functional groups attached to an aromatic ring is 1. The summed E-state index contributed by atoms with van der Waals surface area (Å²) in [6.07, 6.45) is 0. The van der Waals surface area contributed by atoms with Crippen LogP contribution in [-0.2, 0) is 0 Å². The Bertz CT molecular complexity index is 510. The summed E-state index contributed by atoms with van der Waals surface area (Å²) in [7, 11) is 0. The van der Waals surface area contributed by atoms with Crippen molar-refractivity contribution in [3.8, 4) is 0 Å². The van der Waals surface area contributed by atoms with Gasteiger partial charge in [0.2, 0.25) is 0 Å². The zero-order chi connectivity index (χ0) is 11.5. The molecular weight excluding hydrogens is 224 g/mol. The third kappa shape index (κ3) is 2.17. The number of aromatic nitrogens is 2. The molecule has 0 aliphatic carbocycles.